The van der Waals surface area contributed by atoms with E-state index in [1.807, 2.05) is 11.0 Å². The molecular formula is C31H29ClF3N7O2S. The van der Waals surface area contributed by atoms with E-state index in [0.717, 1.165) is 30.7 Å². The summed E-state index contributed by atoms with van der Waals surface area (Å²) in [6.45, 7) is 2.15. The fraction of sp³-hybridized carbons (Fsp3) is 0.452. The minimum Gasteiger partial charge on any atom is -0.491 e. The van der Waals surface area contributed by atoms with E-state index < -0.39 is 23.3 Å². The van der Waals surface area contributed by atoms with Gasteiger partial charge in [0.2, 0.25) is 0 Å². The molecule has 4 aliphatic rings. The molecule has 4 aliphatic heterocycles. The Hall–Kier alpha value is -3.57. The van der Waals surface area contributed by atoms with Crippen molar-refractivity contribution in [3.8, 4) is 29.0 Å². The maximum atomic E-state index is 17.1. The quantitative estimate of drug-likeness (QED) is 0.291. The molecule has 0 aliphatic carbocycles. The maximum absolute atomic E-state index is 17.1. The van der Waals surface area contributed by atoms with Gasteiger partial charge in [-0.3, -0.25) is 4.90 Å². The van der Waals surface area contributed by atoms with E-state index in [1.165, 1.54) is 12.1 Å². The third kappa shape index (κ3) is 4.26. The first-order valence-corrected chi connectivity index (χ1v) is 16.2. The van der Waals surface area contributed by atoms with Crippen LogP contribution in [0.2, 0.25) is 5.02 Å². The Morgan fingerprint density at radius 3 is 2.89 bits per heavy atom. The summed E-state index contributed by atoms with van der Waals surface area (Å²) in [6.07, 6.45) is 2.42. The van der Waals surface area contributed by atoms with Crippen LogP contribution < -0.4 is 25.8 Å². The Bertz CT molecular complexity index is 1940. The molecule has 0 spiro atoms. The number of nitrogens with two attached hydrogens (primary N) is 2. The highest BCUT2D eigenvalue weighted by molar-refractivity contribution is 7.23. The summed E-state index contributed by atoms with van der Waals surface area (Å²) < 4.78 is 59.0. The molecule has 4 aromatic rings. The molecule has 14 heteroatoms. The van der Waals surface area contributed by atoms with Crippen molar-refractivity contribution in [2.75, 3.05) is 43.5 Å². The van der Waals surface area contributed by atoms with Crippen LogP contribution in [0.5, 0.6) is 11.8 Å². The van der Waals surface area contributed by atoms with Gasteiger partial charge in [-0.05, 0) is 37.4 Å². The SMILES string of the molecule is N#Cc1c(N)sc2c(F)ccc(-c3c(Cl)c4c5c(nc(OCC67CCCN6C[C@H](F)C7)nc5c3F)N3CCC(N)C3CCO4)c12. The van der Waals surface area contributed by atoms with Crippen molar-refractivity contribution in [1.82, 2.24) is 14.9 Å². The van der Waals surface area contributed by atoms with Gasteiger partial charge in [-0.2, -0.15) is 15.2 Å². The Balaban J connectivity index is 1.36. The van der Waals surface area contributed by atoms with Crippen LogP contribution in [0.25, 0.3) is 32.1 Å². The molecule has 3 saturated heterocycles. The molecule has 0 amide bonds. The highest BCUT2D eigenvalue weighted by Crippen LogP contribution is 2.51. The number of benzene rings is 2. The number of halogens is 4. The van der Waals surface area contributed by atoms with Crippen molar-refractivity contribution in [3.63, 3.8) is 0 Å². The number of aromatic nitrogens is 2. The van der Waals surface area contributed by atoms with Crippen LogP contribution in [0.1, 0.15) is 37.7 Å². The summed E-state index contributed by atoms with van der Waals surface area (Å²) in [6, 6.07) is 4.30. The summed E-state index contributed by atoms with van der Waals surface area (Å²) in [5.74, 6) is -0.815. The molecule has 6 heterocycles. The van der Waals surface area contributed by atoms with Crippen LogP contribution in [0.3, 0.4) is 0 Å². The predicted molar refractivity (Wildman–Crippen MR) is 167 cm³/mol. The number of hydrogen-bond acceptors (Lipinski definition) is 10. The second-order valence-electron chi connectivity index (χ2n) is 12.4. The molecule has 2 aromatic heterocycles. The van der Waals surface area contributed by atoms with Gasteiger partial charge < -0.3 is 25.8 Å². The van der Waals surface area contributed by atoms with Crippen molar-refractivity contribution >= 4 is 54.7 Å². The second kappa shape index (κ2) is 10.5. The molecule has 0 saturated carbocycles. The Morgan fingerprint density at radius 2 is 2.07 bits per heavy atom. The van der Waals surface area contributed by atoms with E-state index >= 15 is 4.39 Å². The molecule has 4 atom stereocenters. The smallest absolute Gasteiger partial charge is 0.319 e. The lowest BCUT2D eigenvalue weighted by molar-refractivity contribution is 0.107. The predicted octanol–water partition coefficient (Wildman–Crippen LogP) is 5.54. The zero-order chi connectivity index (χ0) is 31.2. The third-order valence-electron chi connectivity index (χ3n) is 9.90. The number of anilines is 2. The molecule has 0 radical (unpaired) electrons. The fourth-order valence-electron chi connectivity index (χ4n) is 7.83. The number of nitrogens with zero attached hydrogens (tertiary/aromatic N) is 5. The van der Waals surface area contributed by atoms with Gasteiger partial charge in [0.05, 0.1) is 32.8 Å². The number of thiophene rings is 1. The number of fused-ring (bicyclic) bond motifs is 4. The average Bonchev–Trinajstić information content (AvgIpc) is 3.74. The van der Waals surface area contributed by atoms with Crippen molar-refractivity contribution in [1.29, 1.82) is 5.26 Å². The molecule has 3 unspecified atom stereocenters. The maximum Gasteiger partial charge on any atom is 0.319 e. The minimum atomic E-state index is -0.939. The highest BCUT2D eigenvalue weighted by Gasteiger charge is 2.49. The van der Waals surface area contributed by atoms with E-state index in [1.54, 1.807) is 0 Å². The second-order valence-corrected chi connectivity index (χ2v) is 13.8. The minimum absolute atomic E-state index is 0.0352. The number of hydrogen-bond donors (Lipinski definition) is 2. The first-order chi connectivity index (χ1) is 21.7. The van der Waals surface area contributed by atoms with Crippen molar-refractivity contribution in [2.24, 2.45) is 5.73 Å². The highest BCUT2D eigenvalue weighted by atomic mass is 35.5. The normalized spacial score (nSPS) is 26.0. The van der Waals surface area contributed by atoms with E-state index in [2.05, 4.69) is 9.88 Å². The molecule has 2 aromatic carbocycles. The van der Waals surface area contributed by atoms with Crippen LogP contribution in [-0.2, 0) is 0 Å². The summed E-state index contributed by atoms with van der Waals surface area (Å²) in [5.41, 5.74) is 12.1. The van der Waals surface area contributed by atoms with Gasteiger partial charge in [0.25, 0.3) is 0 Å². The van der Waals surface area contributed by atoms with Gasteiger partial charge in [-0.25, -0.2) is 13.2 Å². The van der Waals surface area contributed by atoms with Crippen LogP contribution >= 0.6 is 22.9 Å². The largest absolute Gasteiger partial charge is 0.491 e. The standard InChI is InChI=1S/C31H29ClF3N7O2S/c32-23-21(15-2-3-17(34)27-20(15)16(11-36)28(38)45-27)24(35)25-22-26(23)43-9-5-19-18(37)4-8-42(19)29(22)40-30(39-25)44-13-31-6-1-7-41(31)12-14(33)10-31/h2-3,14,18-19H,1,4-10,12-13,37-38H2/t14-,18?,19?,31?/m1/s1. The Kier molecular flexibility index (Phi) is 6.73. The van der Waals surface area contributed by atoms with Gasteiger partial charge in [0.1, 0.15) is 41.0 Å². The molecular weight excluding hydrogens is 627 g/mol. The molecule has 4 N–H and O–H groups in total. The zero-order valence-electron chi connectivity index (χ0n) is 24.1. The molecule has 9 nitrogen and oxygen atoms in total. The van der Waals surface area contributed by atoms with E-state index in [4.69, 9.17) is 37.5 Å². The van der Waals surface area contributed by atoms with Crippen LogP contribution in [0.4, 0.5) is 24.0 Å². The molecule has 8 rings (SSSR count). The van der Waals surface area contributed by atoms with E-state index in [9.17, 15) is 14.0 Å². The van der Waals surface area contributed by atoms with Crippen molar-refractivity contribution in [3.05, 3.63) is 34.4 Å². The van der Waals surface area contributed by atoms with Gasteiger partial charge in [0.15, 0.2) is 11.6 Å². The number of nitriles is 1. The Labute approximate surface area is 265 Å². The van der Waals surface area contributed by atoms with E-state index in [-0.39, 0.29) is 84.8 Å². The van der Waals surface area contributed by atoms with Crippen molar-refractivity contribution < 1.29 is 22.6 Å². The molecule has 3 fully saturated rings. The first-order valence-electron chi connectivity index (χ1n) is 15.0. The van der Waals surface area contributed by atoms with Gasteiger partial charge in [-0.15, -0.1) is 11.3 Å². The third-order valence-corrected chi connectivity index (χ3v) is 11.3. The van der Waals surface area contributed by atoms with Crippen LogP contribution in [0, 0.1) is 23.0 Å². The van der Waals surface area contributed by atoms with Crippen LogP contribution in [-0.4, -0.2) is 71.5 Å². The number of ether oxygens (including phenoxy) is 2. The lowest BCUT2D eigenvalue weighted by atomic mass is 9.95. The van der Waals surface area contributed by atoms with Gasteiger partial charge >= 0.3 is 6.01 Å². The topological polar surface area (TPSA) is 127 Å². The molecule has 0 bridgehead atoms. The Morgan fingerprint density at radius 1 is 1.22 bits per heavy atom. The fourth-order valence-corrected chi connectivity index (χ4v) is 9.11. The molecule has 234 valence electrons. The number of alkyl halides is 1. The summed E-state index contributed by atoms with van der Waals surface area (Å²) in [4.78, 5) is 13.5. The first kappa shape index (κ1) is 28.9. The monoisotopic (exact) mass is 655 g/mol. The van der Waals surface area contributed by atoms with Crippen molar-refractivity contribution in [2.45, 2.75) is 55.9 Å². The lowest BCUT2D eigenvalue weighted by Gasteiger charge is -2.33. The van der Waals surface area contributed by atoms with Gasteiger partial charge in [0, 0.05) is 49.0 Å². The lowest BCUT2D eigenvalue weighted by Crippen LogP contribution is -2.44. The summed E-state index contributed by atoms with van der Waals surface area (Å²) in [5, 5.41) is 10.4. The zero-order valence-corrected chi connectivity index (χ0v) is 25.7. The number of rotatable bonds is 4. The summed E-state index contributed by atoms with van der Waals surface area (Å²) in [7, 11) is 0. The van der Waals surface area contributed by atoms with E-state index in [0.29, 0.717) is 38.2 Å². The molecule has 45 heavy (non-hydrogen) atoms. The number of nitrogen functional groups attached to an aromatic ring is 1. The van der Waals surface area contributed by atoms with Crippen LogP contribution in [0.15, 0.2) is 12.1 Å². The van der Waals surface area contributed by atoms with Gasteiger partial charge in [-0.1, -0.05) is 17.7 Å². The summed E-state index contributed by atoms with van der Waals surface area (Å²) >= 11 is 7.90. The average molecular weight is 656 g/mol.